The normalized spacial score (nSPS) is 20.9. The third kappa shape index (κ3) is 2.41. The van der Waals surface area contributed by atoms with Crippen molar-refractivity contribution in [1.82, 2.24) is 4.98 Å². The van der Waals surface area contributed by atoms with E-state index in [1.807, 2.05) is 6.07 Å². The molecule has 0 bridgehead atoms. The molecule has 0 aliphatic heterocycles. The first-order valence-corrected chi connectivity index (χ1v) is 7.95. The lowest BCUT2D eigenvalue weighted by molar-refractivity contribution is 0.286. The van der Waals surface area contributed by atoms with E-state index in [1.165, 1.54) is 44.2 Å². The van der Waals surface area contributed by atoms with Gasteiger partial charge in [0.25, 0.3) is 0 Å². The average Bonchev–Trinajstić information content (AvgIpc) is 3.14. The summed E-state index contributed by atoms with van der Waals surface area (Å²) in [6.07, 6.45) is 8.00. The highest BCUT2D eigenvalue weighted by molar-refractivity contribution is 5.77. The Morgan fingerprint density at radius 1 is 1.30 bits per heavy atom. The smallest absolute Gasteiger partial charge is 0.198 e. The number of fused-ring (bicyclic) bond motifs is 1. The summed E-state index contributed by atoms with van der Waals surface area (Å²) < 4.78 is 5.80. The van der Waals surface area contributed by atoms with Gasteiger partial charge < -0.3 is 9.73 Å². The summed E-state index contributed by atoms with van der Waals surface area (Å²) in [6, 6.07) is 6.82. The first-order valence-electron chi connectivity index (χ1n) is 7.95. The van der Waals surface area contributed by atoms with Crippen LogP contribution in [0.5, 0.6) is 0 Å². The molecule has 2 fully saturated rings. The zero-order valence-electron chi connectivity index (χ0n) is 12.1. The van der Waals surface area contributed by atoms with Crippen LogP contribution in [0, 0.1) is 5.92 Å². The molecule has 0 spiro atoms. The quantitative estimate of drug-likeness (QED) is 0.856. The summed E-state index contributed by atoms with van der Waals surface area (Å²) in [5.74, 6) is 2.45. The van der Waals surface area contributed by atoms with Gasteiger partial charge in [-0.25, -0.2) is 4.98 Å². The number of oxazole rings is 1. The summed E-state index contributed by atoms with van der Waals surface area (Å²) >= 11 is 0. The van der Waals surface area contributed by atoms with Crippen molar-refractivity contribution in [3.8, 4) is 0 Å². The van der Waals surface area contributed by atoms with Crippen molar-refractivity contribution >= 4 is 16.8 Å². The summed E-state index contributed by atoms with van der Waals surface area (Å²) in [7, 11) is 0. The number of hydrogen-bond donors (Lipinski definition) is 1. The van der Waals surface area contributed by atoms with E-state index >= 15 is 0 Å². The second-order valence-corrected chi connectivity index (χ2v) is 6.59. The third-order valence-electron chi connectivity index (χ3n) is 4.66. The van der Waals surface area contributed by atoms with E-state index in [1.54, 1.807) is 0 Å². The van der Waals surface area contributed by atoms with Crippen LogP contribution in [-0.4, -0.2) is 11.0 Å². The molecule has 1 atom stereocenters. The topological polar surface area (TPSA) is 38.1 Å². The third-order valence-corrected chi connectivity index (χ3v) is 4.66. The van der Waals surface area contributed by atoms with Gasteiger partial charge >= 0.3 is 0 Å². The molecule has 0 saturated heterocycles. The zero-order valence-corrected chi connectivity index (χ0v) is 12.1. The highest BCUT2D eigenvalue weighted by atomic mass is 16.3. The van der Waals surface area contributed by atoms with Gasteiger partial charge in [0, 0.05) is 17.6 Å². The van der Waals surface area contributed by atoms with E-state index in [2.05, 4.69) is 29.4 Å². The Kier molecular flexibility index (Phi) is 2.94. The molecule has 2 aromatic rings. The van der Waals surface area contributed by atoms with Crippen LogP contribution in [0.2, 0.25) is 0 Å². The second kappa shape index (κ2) is 4.80. The molecule has 1 aromatic heterocycles. The highest BCUT2D eigenvalue weighted by Gasteiger charge is 2.28. The summed E-state index contributed by atoms with van der Waals surface area (Å²) in [4.78, 5) is 4.62. The van der Waals surface area contributed by atoms with E-state index in [0.717, 1.165) is 22.9 Å². The van der Waals surface area contributed by atoms with Crippen molar-refractivity contribution in [1.29, 1.82) is 0 Å². The fourth-order valence-corrected chi connectivity index (χ4v) is 3.11. The molecule has 20 heavy (non-hydrogen) atoms. The Labute approximate surface area is 119 Å². The molecule has 2 aliphatic rings. The standard InChI is InChI=1S/C17H22N2O/c1-11(9-12-3-2-4-12)18-14-7-8-16-15(10-14)19-17(20-16)13-5-6-13/h7-8,10-13,18H,2-6,9H2,1H3. The van der Waals surface area contributed by atoms with Crippen molar-refractivity contribution in [3.63, 3.8) is 0 Å². The molecular weight excluding hydrogens is 248 g/mol. The van der Waals surface area contributed by atoms with Gasteiger partial charge in [-0.3, -0.25) is 0 Å². The molecule has 0 amide bonds. The molecule has 106 valence electrons. The van der Waals surface area contributed by atoms with Crippen molar-refractivity contribution in [2.75, 3.05) is 5.32 Å². The van der Waals surface area contributed by atoms with E-state index in [0.29, 0.717) is 12.0 Å². The fraction of sp³-hybridized carbons (Fsp3) is 0.588. The minimum absolute atomic E-state index is 0.535. The first kappa shape index (κ1) is 12.2. The van der Waals surface area contributed by atoms with Crippen LogP contribution >= 0.6 is 0 Å². The van der Waals surface area contributed by atoms with Crippen molar-refractivity contribution in [3.05, 3.63) is 24.1 Å². The molecular formula is C17H22N2O. The van der Waals surface area contributed by atoms with Crippen LogP contribution in [0.4, 0.5) is 5.69 Å². The molecule has 1 aromatic carbocycles. The average molecular weight is 270 g/mol. The van der Waals surface area contributed by atoms with Crippen molar-refractivity contribution < 1.29 is 4.42 Å². The maximum Gasteiger partial charge on any atom is 0.198 e. The second-order valence-electron chi connectivity index (χ2n) is 6.59. The van der Waals surface area contributed by atoms with Crippen LogP contribution in [-0.2, 0) is 0 Å². The summed E-state index contributed by atoms with van der Waals surface area (Å²) in [6.45, 7) is 2.28. The monoisotopic (exact) mass is 270 g/mol. The molecule has 1 N–H and O–H groups in total. The number of aromatic nitrogens is 1. The molecule has 0 radical (unpaired) electrons. The maximum absolute atomic E-state index is 5.80. The van der Waals surface area contributed by atoms with Crippen LogP contribution in [0.25, 0.3) is 11.1 Å². The lowest BCUT2D eigenvalue weighted by Gasteiger charge is -2.28. The fourth-order valence-electron chi connectivity index (χ4n) is 3.11. The van der Waals surface area contributed by atoms with Crippen LogP contribution in [0.1, 0.15) is 57.3 Å². The minimum atomic E-state index is 0.535. The molecule has 3 heteroatoms. The summed E-state index contributed by atoms with van der Waals surface area (Å²) in [5.41, 5.74) is 3.08. The molecule has 2 saturated carbocycles. The van der Waals surface area contributed by atoms with E-state index in [-0.39, 0.29) is 0 Å². The Balaban J connectivity index is 1.47. The number of nitrogens with zero attached hydrogens (tertiary/aromatic N) is 1. The maximum atomic E-state index is 5.80. The van der Waals surface area contributed by atoms with E-state index in [4.69, 9.17) is 4.42 Å². The van der Waals surface area contributed by atoms with Gasteiger partial charge in [-0.1, -0.05) is 19.3 Å². The largest absolute Gasteiger partial charge is 0.440 e. The predicted octanol–water partition coefficient (Wildman–Crippen LogP) is 4.70. The van der Waals surface area contributed by atoms with Gasteiger partial charge in [0.15, 0.2) is 11.5 Å². The van der Waals surface area contributed by atoms with Crippen LogP contribution in [0.3, 0.4) is 0 Å². The summed E-state index contributed by atoms with van der Waals surface area (Å²) in [5, 5.41) is 3.61. The Morgan fingerprint density at radius 3 is 2.85 bits per heavy atom. The number of hydrogen-bond acceptors (Lipinski definition) is 3. The van der Waals surface area contributed by atoms with Gasteiger partial charge in [-0.15, -0.1) is 0 Å². The molecule has 2 aliphatic carbocycles. The van der Waals surface area contributed by atoms with E-state index < -0.39 is 0 Å². The lowest BCUT2D eigenvalue weighted by atomic mass is 9.81. The Bertz CT molecular complexity index is 610. The number of benzene rings is 1. The van der Waals surface area contributed by atoms with Crippen molar-refractivity contribution in [2.24, 2.45) is 5.92 Å². The van der Waals surface area contributed by atoms with Gasteiger partial charge in [0.1, 0.15) is 5.52 Å². The number of nitrogens with one attached hydrogen (secondary N) is 1. The first-order chi connectivity index (χ1) is 9.78. The number of anilines is 1. The van der Waals surface area contributed by atoms with Crippen LogP contribution < -0.4 is 5.32 Å². The molecule has 3 nitrogen and oxygen atoms in total. The SMILES string of the molecule is CC(CC1CCC1)Nc1ccc2oc(C3CC3)nc2c1. The van der Waals surface area contributed by atoms with Crippen molar-refractivity contribution in [2.45, 2.75) is 57.4 Å². The van der Waals surface area contributed by atoms with Gasteiger partial charge in [-0.2, -0.15) is 0 Å². The Hall–Kier alpha value is -1.51. The van der Waals surface area contributed by atoms with E-state index in [9.17, 15) is 0 Å². The zero-order chi connectivity index (χ0) is 13.5. The Morgan fingerprint density at radius 2 is 2.15 bits per heavy atom. The highest BCUT2D eigenvalue weighted by Crippen LogP contribution is 2.40. The molecule has 1 unspecified atom stereocenters. The van der Waals surface area contributed by atoms with Gasteiger partial charge in [0.05, 0.1) is 0 Å². The predicted molar refractivity (Wildman–Crippen MR) is 81.0 cm³/mol. The van der Waals surface area contributed by atoms with Gasteiger partial charge in [-0.05, 0) is 50.3 Å². The molecule has 4 rings (SSSR count). The lowest BCUT2D eigenvalue weighted by Crippen LogP contribution is -2.23. The van der Waals surface area contributed by atoms with Crippen LogP contribution in [0.15, 0.2) is 22.6 Å². The van der Waals surface area contributed by atoms with Gasteiger partial charge in [0.2, 0.25) is 0 Å². The minimum Gasteiger partial charge on any atom is -0.440 e. The molecule has 1 heterocycles. The number of rotatable bonds is 5.